The van der Waals surface area contributed by atoms with Crippen LogP contribution in [0.25, 0.3) is 6.08 Å². The highest BCUT2D eigenvalue weighted by atomic mass is 32.2. The Kier molecular flexibility index (Phi) is 7.06. The van der Waals surface area contributed by atoms with Gasteiger partial charge < -0.3 is 10.1 Å². The third-order valence-electron chi connectivity index (χ3n) is 6.28. The highest BCUT2D eigenvalue weighted by Crippen LogP contribution is 2.59. The molecule has 1 saturated heterocycles. The number of para-hydroxylation sites is 3. The molecule has 1 N–H and O–H groups in total. The molecule has 2 aliphatic heterocycles. The summed E-state index contributed by atoms with van der Waals surface area (Å²) in [6, 6.07) is 35.8. The van der Waals surface area contributed by atoms with Crippen molar-refractivity contribution in [1.29, 1.82) is 0 Å². The Morgan fingerprint density at radius 1 is 0.825 bits per heavy atom. The highest BCUT2D eigenvalue weighted by molar-refractivity contribution is 8.29. The summed E-state index contributed by atoms with van der Waals surface area (Å²) >= 11 is 2.62. The Morgan fingerprint density at radius 3 is 2.05 bits per heavy atom. The van der Waals surface area contributed by atoms with Gasteiger partial charge in [0.05, 0.1) is 17.7 Å². The van der Waals surface area contributed by atoms with Crippen LogP contribution in [0.1, 0.15) is 5.56 Å². The number of hydrazone groups is 1. The van der Waals surface area contributed by atoms with Crippen molar-refractivity contribution in [2.75, 3.05) is 22.3 Å². The number of rotatable bonds is 6. The number of methoxy groups -OCH3 is 1. The maximum atomic E-state index is 14.2. The molecule has 4 aromatic carbocycles. The molecule has 1 spiro atoms. The first-order valence-electron chi connectivity index (χ1n) is 12.5. The minimum absolute atomic E-state index is 0.180. The fourth-order valence-electron chi connectivity index (χ4n) is 4.41. The van der Waals surface area contributed by atoms with Gasteiger partial charge in [-0.15, -0.1) is 0 Å². The van der Waals surface area contributed by atoms with E-state index in [9.17, 15) is 9.59 Å². The molecule has 0 aliphatic carbocycles. The molecule has 1 unspecified atom stereocenters. The molecule has 2 amide bonds. The number of anilines is 3. The zero-order chi connectivity index (χ0) is 27.5. The van der Waals surface area contributed by atoms with Gasteiger partial charge in [-0.1, -0.05) is 78.5 Å². The number of hydrogen-bond acceptors (Lipinski definition) is 7. The summed E-state index contributed by atoms with van der Waals surface area (Å²) in [7, 11) is 1.62. The standard InChI is InChI=1S/C31H24N4O3S2/c1-38-26-19-17-22(18-20-26)21-27-30(37)34(24-13-7-3-8-14-24)31(39-27)35(25-15-9-4-10-16-25)33-29(40-31)28(36)32-23-11-5-2-6-12-23/h2-21H,1H3,(H,32,36). The van der Waals surface area contributed by atoms with Crippen LogP contribution < -0.4 is 20.0 Å². The first-order valence-corrected chi connectivity index (χ1v) is 14.1. The molecule has 6 rings (SSSR count). The Labute approximate surface area is 240 Å². The lowest BCUT2D eigenvalue weighted by atomic mass is 10.2. The van der Waals surface area contributed by atoms with Gasteiger partial charge in [-0.05, 0) is 71.9 Å². The van der Waals surface area contributed by atoms with Crippen LogP contribution in [0.5, 0.6) is 5.75 Å². The van der Waals surface area contributed by atoms with Crippen molar-refractivity contribution in [3.8, 4) is 5.75 Å². The molecule has 2 heterocycles. The highest BCUT2D eigenvalue weighted by Gasteiger charge is 2.60. The number of nitrogens with zero attached hydrogens (tertiary/aromatic N) is 3. The Bertz CT molecular complexity index is 1600. The van der Waals surface area contributed by atoms with E-state index in [1.807, 2.05) is 121 Å². The minimum Gasteiger partial charge on any atom is -0.497 e. The van der Waals surface area contributed by atoms with Crippen LogP contribution in [0.15, 0.2) is 125 Å². The summed E-state index contributed by atoms with van der Waals surface area (Å²) in [4.78, 5) is 29.9. The zero-order valence-electron chi connectivity index (χ0n) is 21.4. The Balaban J connectivity index is 1.45. The number of carbonyl (C=O) groups is 2. The minimum atomic E-state index is -1.11. The summed E-state index contributed by atoms with van der Waals surface area (Å²) in [5, 5.41) is 9.76. The van der Waals surface area contributed by atoms with E-state index in [2.05, 4.69) is 5.32 Å². The summed E-state index contributed by atoms with van der Waals surface area (Å²) in [5.74, 6) is 0.210. The third kappa shape index (κ3) is 4.85. The third-order valence-corrected chi connectivity index (χ3v) is 9.00. The summed E-state index contributed by atoms with van der Waals surface area (Å²) in [6.07, 6.45) is 1.86. The molecule has 4 aromatic rings. The molecule has 0 aromatic heterocycles. The predicted molar refractivity (Wildman–Crippen MR) is 164 cm³/mol. The van der Waals surface area contributed by atoms with E-state index in [1.165, 1.54) is 23.5 Å². The molecule has 1 atom stereocenters. The number of benzene rings is 4. The maximum absolute atomic E-state index is 14.2. The SMILES string of the molecule is COc1ccc(C=C2SC3(SC(C(=O)Nc4ccccc4)=NN3c3ccccc3)N(c3ccccc3)C2=O)cc1. The van der Waals surface area contributed by atoms with Gasteiger partial charge in [-0.3, -0.25) is 14.5 Å². The van der Waals surface area contributed by atoms with Crippen molar-refractivity contribution in [2.24, 2.45) is 5.10 Å². The average molecular weight is 565 g/mol. The number of thioether (sulfide) groups is 2. The van der Waals surface area contributed by atoms with Crippen LogP contribution in [0, 0.1) is 0 Å². The zero-order valence-corrected chi connectivity index (χ0v) is 23.1. The predicted octanol–water partition coefficient (Wildman–Crippen LogP) is 6.63. The van der Waals surface area contributed by atoms with Crippen molar-refractivity contribution in [1.82, 2.24) is 0 Å². The molecule has 1 fully saturated rings. The van der Waals surface area contributed by atoms with Crippen molar-refractivity contribution in [2.45, 2.75) is 4.33 Å². The molecule has 0 bridgehead atoms. The number of amides is 2. The summed E-state index contributed by atoms with van der Waals surface area (Å²) in [6.45, 7) is 0. The molecule has 2 aliphatic rings. The maximum Gasteiger partial charge on any atom is 0.282 e. The molecular weight excluding hydrogens is 541 g/mol. The van der Waals surface area contributed by atoms with Gasteiger partial charge in [-0.25, -0.2) is 5.01 Å². The van der Waals surface area contributed by atoms with Crippen molar-refractivity contribution >= 4 is 63.5 Å². The van der Waals surface area contributed by atoms with Gasteiger partial charge in [-0.2, -0.15) is 5.10 Å². The van der Waals surface area contributed by atoms with Crippen LogP contribution in [0.3, 0.4) is 0 Å². The Morgan fingerprint density at radius 2 is 1.43 bits per heavy atom. The second-order valence-corrected chi connectivity index (χ2v) is 11.5. The lowest BCUT2D eigenvalue weighted by Gasteiger charge is -2.38. The number of hydrogen-bond donors (Lipinski definition) is 1. The van der Waals surface area contributed by atoms with E-state index in [0.717, 1.165) is 17.0 Å². The normalized spacial score (nSPS) is 19.3. The largest absolute Gasteiger partial charge is 0.497 e. The van der Waals surface area contributed by atoms with Crippen LogP contribution in [0.2, 0.25) is 0 Å². The van der Waals surface area contributed by atoms with Gasteiger partial charge in [0.25, 0.3) is 11.8 Å². The van der Waals surface area contributed by atoms with Crippen LogP contribution >= 0.6 is 23.5 Å². The summed E-state index contributed by atoms with van der Waals surface area (Å²) < 4.78 is 4.18. The molecule has 7 nitrogen and oxygen atoms in total. The van der Waals surface area contributed by atoms with E-state index in [0.29, 0.717) is 16.3 Å². The fourth-order valence-corrected chi connectivity index (χ4v) is 7.28. The fraction of sp³-hybridized carbons (Fsp3) is 0.0645. The van der Waals surface area contributed by atoms with Crippen molar-refractivity contribution in [3.05, 3.63) is 126 Å². The first-order chi connectivity index (χ1) is 19.6. The van der Waals surface area contributed by atoms with Crippen LogP contribution in [-0.2, 0) is 9.59 Å². The lowest BCUT2D eigenvalue weighted by Crippen LogP contribution is -2.51. The molecule has 9 heteroatoms. The average Bonchev–Trinajstić information content (AvgIpc) is 3.51. The van der Waals surface area contributed by atoms with E-state index in [1.54, 1.807) is 17.0 Å². The number of nitrogens with one attached hydrogen (secondary N) is 1. The second-order valence-electron chi connectivity index (χ2n) is 8.88. The van der Waals surface area contributed by atoms with Gasteiger partial charge >= 0.3 is 0 Å². The second kappa shape index (κ2) is 11.0. The van der Waals surface area contributed by atoms with Crippen LogP contribution in [0.4, 0.5) is 17.1 Å². The van der Waals surface area contributed by atoms with Crippen molar-refractivity contribution in [3.63, 3.8) is 0 Å². The van der Waals surface area contributed by atoms with Gasteiger partial charge in [0.15, 0.2) is 5.04 Å². The van der Waals surface area contributed by atoms with E-state index >= 15 is 0 Å². The first kappa shape index (κ1) is 25.8. The van der Waals surface area contributed by atoms with Crippen LogP contribution in [-0.4, -0.2) is 28.3 Å². The van der Waals surface area contributed by atoms with Crippen molar-refractivity contribution < 1.29 is 14.3 Å². The quantitative estimate of drug-likeness (QED) is 0.265. The smallest absolute Gasteiger partial charge is 0.282 e. The molecule has 40 heavy (non-hydrogen) atoms. The topological polar surface area (TPSA) is 74.2 Å². The van der Waals surface area contributed by atoms with E-state index < -0.39 is 4.33 Å². The van der Waals surface area contributed by atoms with Gasteiger partial charge in [0, 0.05) is 11.4 Å². The Hall–Kier alpha value is -4.47. The summed E-state index contributed by atoms with van der Waals surface area (Å²) in [5.41, 5.74) is 2.98. The number of carbonyl (C=O) groups excluding carboxylic acids is 2. The lowest BCUT2D eigenvalue weighted by molar-refractivity contribution is -0.114. The monoisotopic (exact) mass is 564 g/mol. The molecule has 198 valence electrons. The van der Waals surface area contributed by atoms with E-state index in [-0.39, 0.29) is 16.9 Å². The van der Waals surface area contributed by atoms with Gasteiger partial charge in [0.2, 0.25) is 4.33 Å². The molecule has 0 radical (unpaired) electrons. The van der Waals surface area contributed by atoms with Gasteiger partial charge in [0.1, 0.15) is 5.75 Å². The number of ether oxygens (including phenoxy) is 1. The molecule has 0 saturated carbocycles. The molecular formula is C31H24N4O3S2. The van der Waals surface area contributed by atoms with E-state index in [4.69, 9.17) is 9.84 Å².